The maximum atomic E-state index is 14.7. The third-order valence-corrected chi connectivity index (χ3v) is 8.56. The Labute approximate surface area is 244 Å². The Kier molecular flexibility index (Phi) is 9.36. The number of anilines is 2. The van der Waals surface area contributed by atoms with Gasteiger partial charge in [-0.3, -0.25) is 0 Å². The Hall–Kier alpha value is -2.47. The largest absolute Gasteiger partial charge is 1.00 e. The molecule has 3 heterocycles. The van der Waals surface area contributed by atoms with Gasteiger partial charge in [-0.25, -0.2) is 22.5 Å². The first-order valence-corrected chi connectivity index (χ1v) is 13.3. The van der Waals surface area contributed by atoms with E-state index in [1.54, 1.807) is 0 Å². The van der Waals surface area contributed by atoms with Crippen LogP contribution in [-0.4, -0.2) is 53.2 Å². The van der Waals surface area contributed by atoms with E-state index < -0.39 is 23.3 Å². The van der Waals surface area contributed by atoms with Crippen LogP contribution in [0.1, 0.15) is 44.6 Å². The molecule has 0 bridgehead atoms. The zero-order valence-electron chi connectivity index (χ0n) is 22.2. The molecule has 0 saturated carbocycles. The summed E-state index contributed by atoms with van der Waals surface area (Å²) in [5.74, 6) is -1.98. The molecule has 2 unspecified atom stereocenters. The average molecular weight is 656 g/mol. The van der Waals surface area contributed by atoms with E-state index in [4.69, 9.17) is 4.98 Å². The molecule has 2 fully saturated rings. The predicted molar refractivity (Wildman–Crippen MR) is 141 cm³/mol. The summed E-state index contributed by atoms with van der Waals surface area (Å²) in [5, 5.41) is 3.08. The molecule has 0 spiro atoms. The van der Waals surface area contributed by atoms with Crippen molar-refractivity contribution >= 4 is 11.8 Å². The van der Waals surface area contributed by atoms with Crippen LogP contribution >= 0.6 is 0 Å². The smallest absolute Gasteiger partial charge is 0.227 e. The lowest BCUT2D eigenvalue weighted by Crippen LogP contribution is -3.00. The van der Waals surface area contributed by atoms with E-state index >= 15 is 0 Å². The molecule has 10 heteroatoms. The average Bonchev–Trinajstić information content (AvgIpc) is 2.90. The van der Waals surface area contributed by atoms with Crippen LogP contribution in [0.3, 0.4) is 0 Å². The predicted octanol–water partition coefficient (Wildman–Crippen LogP) is 3.30. The van der Waals surface area contributed by atoms with Crippen molar-refractivity contribution < 1.29 is 46.0 Å². The number of aromatic nitrogens is 2. The molecular formula is C29H34F4IN5. The van der Waals surface area contributed by atoms with Gasteiger partial charge in [0.25, 0.3) is 0 Å². The maximum absolute atomic E-state index is 14.7. The first-order valence-electron chi connectivity index (χ1n) is 13.3. The summed E-state index contributed by atoms with van der Waals surface area (Å²) in [6.07, 6.45) is 7.43. The fourth-order valence-corrected chi connectivity index (χ4v) is 6.01. The van der Waals surface area contributed by atoms with E-state index in [1.165, 1.54) is 56.3 Å². The van der Waals surface area contributed by atoms with Crippen LogP contribution in [0.5, 0.6) is 0 Å². The van der Waals surface area contributed by atoms with E-state index in [0.717, 1.165) is 42.5 Å². The van der Waals surface area contributed by atoms with Gasteiger partial charge >= 0.3 is 0 Å². The quantitative estimate of drug-likeness (QED) is 0.252. The van der Waals surface area contributed by atoms with Crippen LogP contribution in [0.4, 0.5) is 29.3 Å². The number of quaternary nitrogens is 1. The van der Waals surface area contributed by atoms with Gasteiger partial charge in [0.1, 0.15) is 29.1 Å². The summed E-state index contributed by atoms with van der Waals surface area (Å²) >= 11 is 0. The van der Waals surface area contributed by atoms with Crippen LogP contribution in [0, 0.1) is 23.3 Å². The lowest BCUT2D eigenvalue weighted by molar-refractivity contribution is -0.959. The number of hydrogen-bond donors (Lipinski definition) is 1. The van der Waals surface area contributed by atoms with Gasteiger partial charge in [-0.2, -0.15) is 4.98 Å². The number of halogens is 5. The Balaban J connectivity index is 0.00000353. The SMILES string of the molecule is CC1CCCC[N+]1(C)C1CCN(c2ncc(-c3ccc(F)cc3F)c(NCc3ccc(F)cc3F)n2)CC1.[I-]. The standard InChI is InChI=1S/C29H34F4N5.HI/c1-19-5-3-4-14-38(19,2)23-10-12-37(13-11-23)29-35-18-25(24-9-8-22(31)16-27(24)33)28(36-29)34-17-20-6-7-21(30)15-26(20)32;/h6-9,15-16,18-19,23H,3-5,10-14,17H2,1-2H3,(H,34,35,36);1H/q+1;/p-1. The molecule has 0 radical (unpaired) electrons. The van der Waals surface area contributed by atoms with Crippen molar-refractivity contribution in [3.8, 4) is 11.1 Å². The second-order valence-corrected chi connectivity index (χ2v) is 10.8. The molecule has 2 aliphatic heterocycles. The number of nitrogens with one attached hydrogen (secondary N) is 1. The van der Waals surface area contributed by atoms with Crippen molar-refractivity contribution in [2.45, 2.75) is 57.7 Å². The third kappa shape index (κ3) is 6.32. The van der Waals surface area contributed by atoms with E-state index in [0.29, 0.717) is 29.4 Å². The molecule has 0 aliphatic carbocycles. The van der Waals surface area contributed by atoms with Gasteiger partial charge in [-0.1, -0.05) is 6.07 Å². The number of nitrogens with zero attached hydrogens (tertiary/aromatic N) is 4. The van der Waals surface area contributed by atoms with E-state index in [2.05, 4.69) is 29.2 Å². The highest BCUT2D eigenvalue weighted by Crippen LogP contribution is 2.34. The number of benzene rings is 2. The molecule has 3 aromatic rings. The molecule has 39 heavy (non-hydrogen) atoms. The minimum absolute atomic E-state index is 0. The molecule has 2 aliphatic rings. The molecule has 0 amide bonds. The fourth-order valence-electron chi connectivity index (χ4n) is 6.01. The van der Waals surface area contributed by atoms with Crippen LogP contribution in [-0.2, 0) is 6.54 Å². The highest BCUT2D eigenvalue weighted by molar-refractivity contribution is 5.75. The van der Waals surface area contributed by atoms with Crippen molar-refractivity contribution in [3.05, 3.63) is 71.4 Å². The fraction of sp³-hybridized carbons (Fsp3) is 0.448. The zero-order chi connectivity index (χ0) is 26.9. The molecule has 2 saturated heterocycles. The summed E-state index contributed by atoms with van der Waals surface area (Å²) in [7, 11) is 2.39. The number of hydrogen-bond acceptors (Lipinski definition) is 4. The lowest BCUT2D eigenvalue weighted by atomic mass is 9.92. The number of rotatable bonds is 6. The molecule has 2 atom stereocenters. The van der Waals surface area contributed by atoms with Gasteiger partial charge in [-0.15, -0.1) is 0 Å². The van der Waals surface area contributed by atoms with Gasteiger partial charge < -0.3 is 38.7 Å². The van der Waals surface area contributed by atoms with Crippen LogP contribution in [0.2, 0.25) is 0 Å². The normalized spacial score (nSPS) is 21.9. The first kappa shape index (κ1) is 29.5. The summed E-state index contributed by atoms with van der Waals surface area (Å²) in [4.78, 5) is 11.4. The van der Waals surface area contributed by atoms with Gasteiger partial charge in [0.2, 0.25) is 5.95 Å². The minimum atomic E-state index is -0.745. The van der Waals surface area contributed by atoms with E-state index in [1.807, 2.05) is 0 Å². The Bertz CT molecular complexity index is 1300. The summed E-state index contributed by atoms with van der Waals surface area (Å²) in [6, 6.07) is 7.92. The Morgan fingerprint density at radius 2 is 1.62 bits per heavy atom. The molecule has 5 nitrogen and oxygen atoms in total. The Morgan fingerprint density at radius 3 is 2.28 bits per heavy atom. The molecular weight excluding hydrogens is 621 g/mol. The summed E-state index contributed by atoms with van der Waals surface area (Å²) in [6.45, 7) is 5.20. The van der Waals surface area contributed by atoms with Gasteiger partial charge in [0, 0.05) is 67.5 Å². The molecule has 2 aromatic carbocycles. The van der Waals surface area contributed by atoms with Crippen LogP contribution < -0.4 is 34.2 Å². The van der Waals surface area contributed by atoms with Crippen molar-refractivity contribution in [1.82, 2.24) is 9.97 Å². The molecule has 210 valence electrons. The van der Waals surface area contributed by atoms with Crippen LogP contribution in [0.15, 0.2) is 42.6 Å². The van der Waals surface area contributed by atoms with Gasteiger partial charge in [0.05, 0.1) is 25.7 Å². The molecule has 1 aromatic heterocycles. The number of piperidine rings is 2. The van der Waals surface area contributed by atoms with Gasteiger partial charge in [-0.05, 0) is 44.4 Å². The summed E-state index contributed by atoms with van der Waals surface area (Å²) < 4.78 is 57.0. The lowest BCUT2D eigenvalue weighted by Gasteiger charge is -2.51. The van der Waals surface area contributed by atoms with Crippen molar-refractivity contribution in [2.24, 2.45) is 0 Å². The Morgan fingerprint density at radius 1 is 0.923 bits per heavy atom. The maximum Gasteiger partial charge on any atom is 0.227 e. The topological polar surface area (TPSA) is 41.1 Å². The highest BCUT2D eigenvalue weighted by Gasteiger charge is 2.41. The van der Waals surface area contributed by atoms with Crippen molar-refractivity contribution in [2.75, 3.05) is 36.9 Å². The van der Waals surface area contributed by atoms with Crippen molar-refractivity contribution in [1.29, 1.82) is 0 Å². The van der Waals surface area contributed by atoms with E-state index in [-0.39, 0.29) is 41.6 Å². The zero-order valence-corrected chi connectivity index (χ0v) is 24.4. The van der Waals surface area contributed by atoms with E-state index in [9.17, 15) is 17.6 Å². The highest BCUT2D eigenvalue weighted by atomic mass is 127. The second-order valence-electron chi connectivity index (χ2n) is 10.8. The monoisotopic (exact) mass is 655 g/mol. The minimum Gasteiger partial charge on any atom is -1.00 e. The summed E-state index contributed by atoms with van der Waals surface area (Å²) in [5.41, 5.74) is 0.713. The molecule has 1 N–H and O–H groups in total. The third-order valence-electron chi connectivity index (χ3n) is 8.56. The second kappa shape index (κ2) is 12.4. The number of likely N-dealkylation sites (tertiary alicyclic amines) is 1. The van der Waals surface area contributed by atoms with Gasteiger partial charge in [0.15, 0.2) is 0 Å². The molecule has 5 rings (SSSR count). The van der Waals surface area contributed by atoms with Crippen molar-refractivity contribution in [3.63, 3.8) is 0 Å². The first-order chi connectivity index (χ1) is 18.2. The van der Waals surface area contributed by atoms with Crippen LogP contribution in [0.25, 0.3) is 11.1 Å².